The van der Waals surface area contributed by atoms with Crippen LogP contribution in [0.5, 0.6) is 23.0 Å². The molecule has 0 fully saturated rings. The maximum atomic E-state index is 11.9. The van der Waals surface area contributed by atoms with Gasteiger partial charge in [-0.1, -0.05) is 24.3 Å². The fraction of sp³-hybridized carbons (Fsp3) is 0.125. The Bertz CT molecular complexity index is 997. The van der Waals surface area contributed by atoms with Crippen LogP contribution in [0.3, 0.4) is 0 Å². The summed E-state index contributed by atoms with van der Waals surface area (Å²) in [4.78, 5) is 23.9. The van der Waals surface area contributed by atoms with Crippen molar-refractivity contribution < 1.29 is 29.3 Å². The molecule has 0 saturated carbocycles. The second-order valence-electron chi connectivity index (χ2n) is 6.41. The zero-order chi connectivity index (χ0) is 23.3. The van der Waals surface area contributed by atoms with E-state index in [4.69, 9.17) is 9.47 Å². The summed E-state index contributed by atoms with van der Waals surface area (Å²) in [5.74, 6) is -0.0832. The lowest BCUT2D eigenvalue weighted by molar-refractivity contribution is -0.121. The van der Waals surface area contributed by atoms with Crippen molar-refractivity contribution in [2.45, 2.75) is 6.42 Å². The van der Waals surface area contributed by atoms with Gasteiger partial charge in [0.25, 0.3) is 0 Å². The average molecular weight is 436 g/mol. The van der Waals surface area contributed by atoms with Gasteiger partial charge in [-0.25, -0.2) is 0 Å². The lowest BCUT2D eigenvalue weighted by atomic mass is 10.1. The van der Waals surface area contributed by atoms with Crippen molar-refractivity contribution in [3.8, 4) is 23.0 Å². The molecule has 0 unspecified atom stereocenters. The number of allylic oxidation sites excluding steroid dienone is 2. The predicted octanol–water partition coefficient (Wildman–Crippen LogP) is 3.78. The van der Waals surface area contributed by atoms with E-state index in [1.807, 2.05) is 6.07 Å². The monoisotopic (exact) mass is 436 g/mol. The number of hydrogen-bond acceptors (Lipinski definition) is 7. The number of methoxy groups -OCH3 is 2. The summed E-state index contributed by atoms with van der Waals surface area (Å²) >= 11 is 0. The minimum Gasteiger partial charge on any atom is -0.504 e. The first-order chi connectivity index (χ1) is 15.4. The van der Waals surface area contributed by atoms with Crippen LogP contribution in [0.4, 0.5) is 0 Å². The highest BCUT2D eigenvalue weighted by Crippen LogP contribution is 2.27. The molecular weight excluding hydrogens is 412 g/mol. The molecule has 0 amide bonds. The van der Waals surface area contributed by atoms with Crippen molar-refractivity contribution >= 4 is 23.7 Å². The van der Waals surface area contributed by atoms with Crippen molar-refractivity contribution in [1.29, 1.82) is 0 Å². The quantitative estimate of drug-likeness (QED) is 0.363. The molecular formula is C24H24N2O6. The van der Waals surface area contributed by atoms with Gasteiger partial charge in [0, 0.05) is 12.4 Å². The molecule has 166 valence electrons. The average Bonchev–Trinajstić information content (AvgIpc) is 3.38. The third-order valence-corrected chi connectivity index (χ3v) is 4.09. The predicted molar refractivity (Wildman–Crippen MR) is 121 cm³/mol. The summed E-state index contributed by atoms with van der Waals surface area (Å²) < 4.78 is 10.00. The Morgan fingerprint density at radius 3 is 1.75 bits per heavy atom. The van der Waals surface area contributed by atoms with Gasteiger partial charge in [-0.05, 0) is 53.6 Å². The van der Waals surface area contributed by atoms with Crippen molar-refractivity contribution in [3.63, 3.8) is 0 Å². The van der Waals surface area contributed by atoms with Crippen LogP contribution in [-0.2, 0) is 9.59 Å². The molecule has 3 N–H and O–H groups in total. The van der Waals surface area contributed by atoms with Gasteiger partial charge in [0.05, 0.1) is 20.6 Å². The van der Waals surface area contributed by atoms with Gasteiger partial charge in [0.2, 0.25) is 0 Å². The van der Waals surface area contributed by atoms with E-state index in [2.05, 4.69) is 10.2 Å². The van der Waals surface area contributed by atoms with Gasteiger partial charge in [0.1, 0.15) is 0 Å². The summed E-state index contributed by atoms with van der Waals surface area (Å²) in [6.07, 6.45) is 8.90. The molecule has 0 saturated heterocycles. The summed E-state index contributed by atoms with van der Waals surface area (Å²) in [6.45, 7) is 0. The number of carbonyl (C=O) groups excluding carboxylic acids is 2. The third-order valence-electron chi connectivity index (χ3n) is 4.09. The Hall–Kier alpha value is -4.33. The number of phenolic OH excluding ortho intramolecular Hbond substituents is 2. The Kier molecular flexibility index (Phi) is 9.27. The number of aromatic amines is 1. The number of ketones is 2. The van der Waals surface area contributed by atoms with Gasteiger partial charge >= 0.3 is 0 Å². The molecule has 3 rings (SSSR count). The van der Waals surface area contributed by atoms with Crippen LogP contribution in [-0.4, -0.2) is 46.2 Å². The first kappa shape index (κ1) is 23.9. The molecule has 2 aromatic carbocycles. The molecule has 0 spiro atoms. The number of phenols is 2. The molecule has 0 aliphatic heterocycles. The van der Waals surface area contributed by atoms with E-state index in [1.165, 1.54) is 38.5 Å². The summed E-state index contributed by atoms with van der Waals surface area (Å²) in [6, 6.07) is 11.2. The number of aromatic hydroxyl groups is 2. The van der Waals surface area contributed by atoms with Gasteiger partial charge in [-0.3, -0.25) is 14.7 Å². The lowest BCUT2D eigenvalue weighted by Crippen LogP contribution is -2.01. The molecule has 1 heterocycles. The van der Waals surface area contributed by atoms with Crippen molar-refractivity contribution in [3.05, 3.63) is 78.1 Å². The second-order valence-corrected chi connectivity index (χ2v) is 6.41. The molecule has 1 aromatic heterocycles. The van der Waals surface area contributed by atoms with E-state index in [0.29, 0.717) is 22.6 Å². The smallest absolute Gasteiger partial charge is 0.163 e. The molecule has 8 heteroatoms. The van der Waals surface area contributed by atoms with E-state index in [-0.39, 0.29) is 29.5 Å². The maximum Gasteiger partial charge on any atom is 0.163 e. The lowest BCUT2D eigenvalue weighted by Gasteiger charge is -2.03. The Labute approximate surface area is 185 Å². The van der Waals surface area contributed by atoms with Gasteiger partial charge < -0.3 is 19.7 Å². The van der Waals surface area contributed by atoms with Gasteiger partial charge in [-0.2, -0.15) is 5.10 Å². The van der Waals surface area contributed by atoms with Crippen LogP contribution in [0, 0.1) is 0 Å². The molecule has 0 radical (unpaired) electrons. The highest BCUT2D eigenvalue weighted by Gasteiger charge is 2.06. The van der Waals surface area contributed by atoms with Crippen molar-refractivity contribution in [2.75, 3.05) is 14.2 Å². The highest BCUT2D eigenvalue weighted by molar-refractivity contribution is 6.10. The van der Waals surface area contributed by atoms with Gasteiger partial charge in [0.15, 0.2) is 34.6 Å². The summed E-state index contributed by atoms with van der Waals surface area (Å²) in [5, 5.41) is 25.3. The van der Waals surface area contributed by atoms with Crippen molar-refractivity contribution in [2.24, 2.45) is 0 Å². The maximum absolute atomic E-state index is 11.9. The third kappa shape index (κ3) is 7.83. The Morgan fingerprint density at radius 1 is 0.906 bits per heavy atom. The standard InChI is InChI=1S/C21H20O6.C3H4N2/c1-26-20-11-14(5-9-18(20)24)3-7-16(22)13-17(23)8-4-15-6-10-19(25)21(12-15)27-2;1-2-4-5-3-1/h3-12,24-25H,13H2,1-2H3;1-3H,(H,4,5). The number of hydrogen-bond donors (Lipinski definition) is 3. The van der Waals surface area contributed by atoms with E-state index in [1.54, 1.807) is 48.8 Å². The molecule has 0 aliphatic rings. The molecule has 8 nitrogen and oxygen atoms in total. The van der Waals surface area contributed by atoms with Gasteiger partial charge in [-0.15, -0.1) is 0 Å². The fourth-order valence-corrected chi connectivity index (χ4v) is 2.48. The van der Waals surface area contributed by atoms with Crippen LogP contribution < -0.4 is 9.47 Å². The normalized spacial score (nSPS) is 10.6. The van der Waals surface area contributed by atoms with Crippen LogP contribution >= 0.6 is 0 Å². The molecule has 0 aliphatic carbocycles. The Balaban J connectivity index is 0.000000636. The number of H-pyrrole nitrogens is 1. The molecule has 32 heavy (non-hydrogen) atoms. The number of nitrogens with one attached hydrogen (secondary N) is 1. The number of benzene rings is 2. The number of carbonyl (C=O) groups is 2. The number of ether oxygens (including phenoxy) is 2. The number of nitrogens with zero attached hydrogens (tertiary/aromatic N) is 1. The van der Waals surface area contributed by atoms with Crippen LogP contribution in [0.2, 0.25) is 0 Å². The topological polar surface area (TPSA) is 122 Å². The zero-order valence-electron chi connectivity index (χ0n) is 17.7. The molecule has 0 bridgehead atoms. The minimum atomic E-state index is -0.347. The van der Waals surface area contributed by atoms with E-state index in [9.17, 15) is 19.8 Å². The van der Waals surface area contributed by atoms with Crippen LogP contribution in [0.15, 0.2) is 67.0 Å². The zero-order valence-corrected chi connectivity index (χ0v) is 17.7. The minimum absolute atomic E-state index is 0.00662. The van der Waals surface area contributed by atoms with E-state index in [0.717, 1.165) is 0 Å². The van der Waals surface area contributed by atoms with Crippen LogP contribution in [0.25, 0.3) is 12.2 Å². The van der Waals surface area contributed by atoms with Crippen molar-refractivity contribution in [1.82, 2.24) is 10.2 Å². The number of aromatic nitrogens is 2. The largest absolute Gasteiger partial charge is 0.504 e. The van der Waals surface area contributed by atoms with E-state index < -0.39 is 0 Å². The number of rotatable bonds is 8. The first-order valence-corrected chi connectivity index (χ1v) is 9.52. The SMILES string of the molecule is COc1cc(C=CC(=O)CC(=O)C=Cc2ccc(O)c(OC)c2)ccc1O.c1cn[nH]c1. The fourth-order valence-electron chi connectivity index (χ4n) is 2.48. The summed E-state index contributed by atoms with van der Waals surface area (Å²) in [5.41, 5.74) is 1.33. The second kappa shape index (κ2) is 12.4. The molecule has 3 aromatic rings. The molecule has 0 atom stereocenters. The van der Waals surface area contributed by atoms with E-state index >= 15 is 0 Å². The first-order valence-electron chi connectivity index (χ1n) is 9.52. The highest BCUT2D eigenvalue weighted by atomic mass is 16.5. The summed E-state index contributed by atoms with van der Waals surface area (Å²) in [7, 11) is 2.87. The Morgan fingerprint density at radius 2 is 1.41 bits per heavy atom. The van der Waals surface area contributed by atoms with Crippen LogP contribution in [0.1, 0.15) is 17.5 Å².